The summed E-state index contributed by atoms with van der Waals surface area (Å²) in [4.78, 5) is 24.3. The highest BCUT2D eigenvalue weighted by Gasteiger charge is 2.42. The first kappa shape index (κ1) is 20.4. The monoisotopic (exact) mass is 375 g/mol. The van der Waals surface area contributed by atoms with Gasteiger partial charge in [0.15, 0.2) is 0 Å². The first-order valence-electron chi connectivity index (χ1n) is 7.38. The molecule has 1 aliphatic rings. The van der Waals surface area contributed by atoms with E-state index in [-0.39, 0.29) is 40.4 Å². The third-order valence-electron chi connectivity index (χ3n) is 3.74. The third-order valence-corrected chi connectivity index (χ3v) is 5.74. The van der Waals surface area contributed by atoms with E-state index < -0.39 is 22.0 Å². The Morgan fingerprint density at radius 2 is 1.88 bits per heavy atom. The van der Waals surface area contributed by atoms with Crippen LogP contribution in [0.1, 0.15) is 41.5 Å². The number of hydrogen-bond donors (Lipinski definition) is 2. The molecule has 0 aromatic heterocycles. The quantitative estimate of drug-likeness (QED) is 0.800. The molecule has 0 saturated carbocycles. The minimum absolute atomic E-state index is 0. The van der Waals surface area contributed by atoms with Crippen molar-refractivity contribution in [3.8, 4) is 0 Å². The second-order valence-electron chi connectivity index (χ2n) is 5.81. The maximum Gasteiger partial charge on any atom is 0.269 e. The smallest absolute Gasteiger partial charge is 0.269 e. The van der Waals surface area contributed by atoms with Gasteiger partial charge in [0.1, 0.15) is 4.90 Å². The number of nitrogens with one attached hydrogen (secondary N) is 2. The van der Waals surface area contributed by atoms with Crippen LogP contribution in [0.2, 0.25) is 0 Å². The zero-order valence-electron chi connectivity index (χ0n) is 14.0. The van der Waals surface area contributed by atoms with Crippen molar-refractivity contribution in [2.75, 3.05) is 13.6 Å². The highest BCUT2D eigenvalue weighted by Crippen LogP contribution is 2.32. The summed E-state index contributed by atoms with van der Waals surface area (Å²) in [6.07, 6.45) is 0. The van der Waals surface area contributed by atoms with E-state index in [1.807, 2.05) is 6.92 Å². The number of nitrogens with zero attached hydrogens (tertiary/aromatic N) is 1. The van der Waals surface area contributed by atoms with Crippen LogP contribution < -0.4 is 10.6 Å². The Morgan fingerprint density at radius 1 is 1.25 bits per heavy atom. The molecule has 1 aromatic rings. The van der Waals surface area contributed by atoms with Crippen LogP contribution in [-0.4, -0.2) is 50.2 Å². The van der Waals surface area contributed by atoms with Gasteiger partial charge in [0.25, 0.3) is 21.8 Å². The van der Waals surface area contributed by atoms with E-state index in [0.29, 0.717) is 6.54 Å². The lowest BCUT2D eigenvalue weighted by Gasteiger charge is -2.18. The topological polar surface area (TPSA) is 95.6 Å². The molecule has 0 aliphatic carbocycles. The fourth-order valence-electron chi connectivity index (χ4n) is 2.35. The Labute approximate surface area is 148 Å². The molecule has 1 unspecified atom stereocenters. The summed E-state index contributed by atoms with van der Waals surface area (Å²) in [6, 6.07) is 3.75. The Morgan fingerprint density at radius 3 is 2.42 bits per heavy atom. The van der Waals surface area contributed by atoms with Crippen LogP contribution >= 0.6 is 12.4 Å². The van der Waals surface area contributed by atoms with Crippen LogP contribution in [-0.2, 0) is 10.0 Å². The maximum atomic E-state index is 12.5. The van der Waals surface area contributed by atoms with Crippen LogP contribution in [0.25, 0.3) is 0 Å². The molecular formula is C15H22ClN3O4S. The number of sulfonamides is 1. The average molecular weight is 376 g/mol. The molecule has 0 spiro atoms. The van der Waals surface area contributed by atoms with Gasteiger partial charge in [-0.1, -0.05) is 0 Å². The van der Waals surface area contributed by atoms with E-state index >= 15 is 0 Å². The molecular weight excluding hydrogens is 354 g/mol. The Hall–Kier alpha value is -1.64. The lowest BCUT2D eigenvalue weighted by atomic mass is 10.1. The van der Waals surface area contributed by atoms with Crippen LogP contribution in [0.5, 0.6) is 0 Å². The van der Waals surface area contributed by atoms with Crippen molar-refractivity contribution in [1.29, 1.82) is 0 Å². The predicted octanol–water partition coefficient (Wildman–Crippen LogP) is 0.999. The van der Waals surface area contributed by atoms with E-state index in [2.05, 4.69) is 10.6 Å². The van der Waals surface area contributed by atoms with E-state index in [1.165, 1.54) is 18.2 Å². The molecule has 24 heavy (non-hydrogen) atoms. The van der Waals surface area contributed by atoms with Gasteiger partial charge in [-0.15, -0.1) is 12.4 Å². The number of hydrogen-bond acceptors (Lipinski definition) is 5. The molecule has 2 rings (SSSR count). The molecule has 1 heterocycles. The molecule has 0 saturated heterocycles. The second-order valence-corrected chi connectivity index (χ2v) is 7.59. The zero-order chi connectivity index (χ0) is 17.4. The Kier molecular flexibility index (Phi) is 6.38. The maximum absolute atomic E-state index is 12.5. The van der Waals surface area contributed by atoms with Gasteiger partial charge in [0.05, 0.1) is 5.56 Å². The number of rotatable bonds is 5. The van der Waals surface area contributed by atoms with Gasteiger partial charge < -0.3 is 10.6 Å². The molecule has 134 valence electrons. The Balaban J connectivity index is 0.00000288. The van der Waals surface area contributed by atoms with E-state index in [4.69, 9.17) is 0 Å². The molecule has 9 heteroatoms. The summed E-state index contributed by atoms with van der Waals surface area (Å²) in [6.45, 7) is 5.59. The minimum atomic E-state index is -3.90. The van der Waals surface area contributed by atoms with Gasteiger partial charge in [0.2, 0.25) is 0 Å². The van der Waals surface area contributed by atoms with Gasteiger partial charge in [0, 0.05) is 24.2 Å². The van der Waals surface area contributed by atoms with Crippen molar-refractivity contribution in [3.63, 3.8) is 0 Å². The molecule has 2 amide bonds. The van der Waals surface area contributed by atoms with Gasteiger partial charge >= 0.3 is 0 Å². The zero-order valence-corrected chi connectivity index (χ0v) is 15.6. The Bertz CT molecular complexity index is 749. The first-order chi connectivity index (χ1) is 10.7. The van der Waals surface area contributed by atoms with Crippen LogP contribution in [0.3, 0.4) is 0 Å². The van der Waals surface area contributed by atoms with Gasteiger partial charge in [-0.05, 0) is 46.0 Å². The predicted molar refractivity (Wildman–Crippen MR) is 93.0 cm³/mol. The molecule has 7 nitrogen and oxygen atoms in total. The number of amides is 2. The summed E-state index contributed by atoms with van der Waals surface area (Å²) in [5, 5.41) is 5.71. The molecule has 1 aromatic carbocycles. The summed E-state index contributed by atoms with van der Waals surface area (Å²) >= 11 is 0. The molecule has 0 radical (unpaired) electrons. The van der Waals surface area contributed by atoms with Gasteiger partial charge in [-0.25, -0.2) is 12.7 Å². The van der Waals surface area contributed by atoms with E-state index in [9.17, 15) is 18.0 Å². The number of benzene rings is 1. The fourth-order valence-corrected chi connectivity index (χ4v) is 4.14. The second kappa shape index (κ2) is 7.50. The van der Waals surface area contributed by atoms with Crippen molar-refractivity contribution < 1.29 is 18.0 Å². The van der Waals surface area contributed by atoms with Crippen molar-refractivity contribution in [2.45, 2.75) is 37.8 Å². The largest absolute Gasteiger partial charge is 0.350 e. The van der Waals surface area contributed by atoms with Crippen LogP contribution in [0, 0.1) is 0 Å². The standard InChI is InChI=1S/C15H21N3O4S.ClH/c1-9(2)18-15(20)12-6-5-11(7-13(12)23(18,21)22)14(19)17-8-10(3)16-4;/h5-7,9-10,16H,8H2,1-4H3,(H,17,19);1H. The minimum Gasteiger partial charge on any atom is -0.350 e. The van der Waals surface area contributed by atoms with Crippen molar-refractivity contribution >= 4 is 34.2 Å². The normalized spacial score (nSPS) is 16.5. The molecule has 1 aliphatic heterocycles. The van der Waals surface area contributed by atoms with Crippen molar-refractivity contribution in [3.05, 3.63) is 29.3 Å². The average Bonchev–Trinajstić information content (AvgIpc) is 2.70. The molecule has 1 atom stereocenters. The highest BCUT2D eigenvalue weighted by atomic mass is 35.5. The summed E-state index contributed by atoms with van der Waals surface area (Å²) in [5.74, 6) is -0.925. The molecule has 0 bridgehead atoms. The van der Waals surface area contributed by atoms with Crippen LogP contribution in [0.4, 0.5) is 0 Å². The lowest BCUT2D eigenvalue weighted by Crippen LogP contribution is -2.37. The van der Waals surface area contributed by atoms with E-state index in [1.54, 1.807) is 20.9 Å². The molecule has 0 fully saturated rings. The van der Waals surface area contributed by atoms with Gasteiger partial charge in [-0.2, -0.15) is 0 Å². The number of carbonyl (C=O) groups excluding carboxylic acids is 2. The SMILES string of the molecule is CNC(C)CNC(=O)c1ccc2c(c1)S(=O)(=O)N(C(C)C)C2=O.Cl. The lowest BCUT2D eigenvalue weighted by molar-refractivity contribution is 0.0845. The number of fused-ring (bicyclic) bond motifs is 1. The highest BCUT2D eigenvalue weighted by molar-refractivity contribution is 7.90. The number of likely N-dealkylation sites (N-methyl/N-ethyl adjacent to an activating group) is 1. The van der Waals surface area contributed by atoms with Crippen molar-refractivity contribution in [1.82, 2.24) is 14.9 Å². The van der Waals surface area contributed by atoms with Gasteiger partial charge in [-0.3, -0.25) is 9.59 Å². The van der Waals surface area contributed by atoms with Crippen LogP contribution in [0.15, 0.2) is 23.1 Å². The van der Waals surface area contributed by atoms with E-state index in [0.717, 1.165) is 4.31 Å². The fraction of sp³-hybridized carbons (Fsp3) is 0.467. The first-order valence-corrected chi connectivity index (χ1v) is 8.82. The molecule has 2 N–H and O–H groups in total. The summed E-state index contributed by atoms with van der Waals surface area (Å²) < 4.78 is 25.8. The third kappa shape index (κ3) is 3.55. The number of carbonyl (C=O) groups is 2. The number of halogens is 1. The summed E-state index contributed by atoms with van der Waals surface area (Å²) in [5.41, 5.74) is 0.327. The summed E-state index contributed by atoms with van der Waals surface area (Å²) in [7, 11) is -2.11. The van der Waals surface area contributed by atoms with Crippen molar-refractivity contribution in [2.24, 2.45) is 0 Å².